The molecule has 0 unspecified atom stereocenters. The molecule has 0 atom stereocenters. The van der Waals surface area contributed by atoms with Crippen LogP contribution in [0.15, 0.2) is 52.6 Å². The summed E-state index contributed by atoms with van der Waals surface area (Å²) in [5, 5.41) is 10.4. The lowest BCUT2D eigenvalue weighted by Gasteiger charge is -2.34. The molecular formula is C19H21N5O2S. The highest BCUT2D eigenvalue weighted by Crippen LogP contribution is 2.27. The third-order valence-corrected chi connectivity index (χ3v) is 5.73. The van der Waals surface area contributed by atoms with Crippen LogP contribution in [-0.4, -0.2) is 31.7 Å². The molecule has 140 valence electrons. The average molecular weight is 383 g/mol. The van der Waals surface area contributed by atoms with Crippen molar-refractivity contribution in [3.05, 3.63) is 58.3 Å². The van der Waals surface area contributed by atoms with Crippen molar-refractivity contribution >= 4 is 22.9 Å². The first-order valence-electron chi connectivity index (χ1n) is 9.18. The van der Waals surface area contributed by atoms with Gasteiger partial charge in [-0.3, -0.25) is 4.79 Å². The molecule has 2 heterocycles. The van der Waals surface area contributed by atoms with Crippen LogP contribution in [0.5, 0.6) is 0 Å². The highest BCUT2D eigenvalue weighted by Gasteiger charge is 2.27. The maximum atomic E-state index is 13.2. The number of tetrazole rings is 1. The molecule has 0 N–H and O–H groups in total. The van der Waals surface area contributed by atoms with E-state index >= 15 is 0 Å². The van der Waals surface area contributed by atoms with Gasteiger partial charge in [-0.1, -0.05) is 37.5 Å². The molecule has 0 radical (unpaired) electrons. The molecule has 27 heavy (non-hydrogen) atoms. The second-order valence-corrected chi connectivity index (χ2v) is 7.60. The lowest BCUT2D eigenvalue weighted by atomic mass is 9.93. The van der Waals surface area contributed by atoms with Gasteiger partial charge in [0.05, 0.1) is 0 Å². The van der Waals surface area contributed by atoms with E-state index in [9.17, 15) is 9.59 Å². The number of carbonyl (C=O) groups excluding carboxylic acids is 1. The smallest absolute Gasteiger partial charge is 0.308 e. The van der Waals surface area contributed by atoms with E-state index in [2.05, 4.69) is 10.4 Å². The van der Waals surface area contributed by atoms with Crippen molar-refractivity contribution < 1.29 is 4.79 Å². The minimum atomic E-state index is -0.401. The van der Waals surface area contributed by atoms with Crippen LogP contribution in [-0.2, 0) is 11.3 Å². The number of anilines is 1. The number of hydrogen-bond donors (Lipinski definition) is 0. The third kappa shape index (κ3) is 3.71. The summed E-state index contributed by atoms with van der Waals surface area (Å²) in [6.45, 7) is -0.115. The van der Waals surface area contributed by atoms with Crippen LogP contribution in [0.2, 0.25) is 0 Å². The summed E-state index contributed by atoms with van der Waals surface area (Å²) >= 11 is 1.40. The van der Waals surface area contributed by atoms with Gasteiger partial charge in [0.1, 0.15) is 11.5 Å². The summed E-state index contributed by atoms with van der Waals surface area (Å²) in [6, 6.07) is 13.5. The number of nitrogens with zero attached hydrogens (tertiary/aromatic N) is 5. The normalized spacial score (nSPS) is 15.0. The molecule has 3 aromatic rings. The van der Waals surface area contributed by atoms with Crippen molar-refractivity contribution in [3.63, 3.8) is 0 Å². The largest absolute Gasteiger partial charge is 0.369 e. The fraction of sp³-hybridized carbons (Fsp3) is 0.368. The zero-order valence-electron chi connectivity index (χ0n) is 14.9. The third-order valence-electron chi connectivity index (χ3n) is 4.88. The van der Waals surface area contributed by atoms with Gasteiger partial charge < -0.3 is 4.90 Å². The Balaban J connectivity index is 1.60. The summed E-state index contributed by atoms with van der Waals surface area (Å²) in [7, 11) is 0. The highest BCUT2D eigenvalue weighted by molar-refractivity contribution is 7.12. The van der Waals surface area contributed by atoms with Crippen LogP contribution >= 0.6 is 11.3 Å². The molecule has 7 nitrogen and oxygen atoms in total. The number of rotatable bonds is 5. The van der Waals surface area contributed by atoms with Gasteiger partial charge in [0.15, 0.2) is 0 Å². The van der Waals surface area contributed by atoms with Crippen molar-refractivity contribution in [3.8, 4) is 5.00 Å². The molecule has 1 aliphatic rings. The molecule has 0 aliphatic heterocycles. The number of para-hydroxylation sites is 1. The molecule has 1 aromatic carbocycles. The van der Waals surface area contributed by atoms with Crippen molar-refractivity contribution in [2.45, 2.75) is 44.7 Å². The summed E-state index contributed by atoms with van der Waals surface area (Å²) in [5.74, 6) is -0.131. The molecule has 1 aliphatic carbocycles. The molecule has 1 amide bonds. The first-order valence-corrected chi connectivity index (χ1v) is 10.1. The Labute approximate surface area is 160 Å². The van der Waals surface area contributed by atoms with E-state index in [1.54, 1.807) is 6.07 Å². The molecule has 2 aromatic heterocycles. The number of amides is 1. The Morgan fingerprint density at radius 1 is 1.07 bits per heavy atom. The number of hydrogen-bond acceptors (Lipinski definition) is 5. The molecule has 0 spiro atoms. The lowest BCUT2D eigenvalue weighted by Crippen LogP contribution is -2.44. The Kier molecular flexibility index (Phi) is 5.15. The summed E-state index contributed by atoms with van der Waals surface area (Å²) in [4.78, 5) is 27.6. The van der Waals surface area contributed by atoms with E-state index in [-0.39, 0.29) is 18.5 Å². The Morgan fingerprint density at radius 2 is 1.85 bits per heavy atom. The van der Waals surface area contributed by atoms with E-state index in [1.165, 1.54) is 22.4 Å². The maximum Gasteiger partial charge on any atom is 0.369 e. The summed E-state index contributed by atoms with van der Waals surface area (Å²) < 4.78 is 2.37. The van der Waals surface area contributed by atoms with Crippen LogP contribution in [0, 0.1) is 0 Å². The highest BCUT2D eigenvalue weighted by atomic mass is 32.1. The second kappa shape index (κ2) is 7.87. The van der Waals surface area contributed by atoms with E-state index in [0.717, 1.165) is 36.1 Å². The second-order valence-electron chi connectivity index (χ2n) is 6.67. The van der Waals surface area contributed by atoms with Gasteiger partial charge in [0.2, 0.25) is 5.91 Å². The van der Waals surface area contributed by atoms with E-state index in [4.69, 9.17) is 0 Å². The van der Waals surface area contributed by atoms with Crippen LogP contribution in [0.3, 0.4) is 0 Å². The minimum absolute atomic E-state index is 0.115. The van der Waals surface area contributed by atoms with Crippen LogP contribution in [0.25, 0.3) is 5.00 Å². The van der Waals surface area contributed by atoms with Gasteiger partial charge in [0, 0.05) is 11.7 Å². The SMILES string of the molecule is O=C(Cn1nnn(-c2cccs2)c1=O)N(c1ccccc1)C1CCCCC1. The molecule has 8 heteroatoms. The molecule has 1 fully saturated rings. The summed E-state index contributed by atoms with van der Waals surface area (Å²) in [5.41, 5.74) is 0.468. The van der Waals surface area contributed by atoms with Crippen molar-refractivity contribution in [2.75, 3.05) is 4.90 Å². The lowest BCUT2D eigenvalue weighted by molar-refractivity contribution is -0.120. The van der Waals surface area contributed by atoms with Gasteiger partial charge >= 0.3 is 5.69 Å². The van der Waals surface area contributed by atoms with E-state index < -0.39 is 5.69 Å². The molecular weight excluding hydrogens is 362 g/mol. The zero-order valence-corrected chi connectivity index (χ0v) is 15.7. The summed E-state index contributed by atoms with van der Waals surface area (Å²) in [6.07, 6.45) is 5.42. The van der Waals surface area contributed by atoms with Crippen molar-refractivity contribution in [1.82, 2.24) is 19.8 Å². The van der Waals surface area contributed by atoms with Crippen molar-refractivity contribution in [2.24, 2.45) is 0 Å². The average Bonchev–Trinajstić information content (AvgIpc) is 3.34. The Morgan fingerprint density at radius 3 is 2.56 bits per heavy atom. The monoisotopic (exact) mass is 383 g/mol. The topological polar surface area (TPSA) is 73.0 Å². The van der Waals surface area contributed by atoms with Crippen LogP contribution in [0.4, 0.5) is 5.69 Å². The van der Waals surface area contributed by atoms with Crippen LogP contribution in [0.1, 0.15) is 32.1 Å². The Hall–Kier alpha value is -2.74. The predicted molar refractivity (Wildman–Crippen MR) is 104 cm³/mol. The number of aromatic nitrogens is 4. The fourth-order valence-corrected chi connectivity index (χ4v) is 4.26. The van der Waals surface area contributed by atoms with Gasteiger partial charge in [-0.25, -0.2) is 4.79 Å². The molecule has 0 saturated heterocycles. The number of benzene rings is 1. The number of carbonyl (C=O) groups is 1. The fourth-order valence-electron chi connectivity index (χ4n) is 3.59. The van der Waals surface area contributed by atoms with Gasteiger partial charge in [-0.15, -0.1) is 11.3 Å². The van der Waals surface area contributed by atoms with Gasteiger partial charge in [-0.05, 0) is 52.9 Å². The maximum absolute atomic E-state index is 13.2. The Bertz CT molecular complexity index is 942. The van der Waals surface area contributed by atoms with E-state index in [0.29, 0.717) is 5.00 Å². The van der Waals surface area contributed by atoms with Gasteiger partial charge in [0.25, 0.3) is 0 Å². The molecule has 0 bridgehead atoms. The standard InChI is InChI=1S/C19H21N5O2S/c25-17(14-22-19(26)24(21-20-22)18-12-7-13-27-18)23(15-8-3-1-4-9-15)16-10-5-2-6-11-16/h1,3-4,7-9,12-13,16H,2,5-6,10-11,14H2. The first kappa shape index (κ1) is 17.7. The van der Waals surface area contributed by atoms with E-state index in [1.807, 2.05) is 46.7 Å². The van der Waals surface area contributed by atoms with Crippen LogP contribution < -0.4 is 10.6 Å². The van der Waals surface area contributed by atoms with Gasteiger partial charge in [-0.2, -0.15) is 9.36 Å². The quantitative estimate of drug-likeness (QED) is 0.679. The zero-order chi connectivity index (χ0) is 18.6. The molecule has 1 saturated carbocycles. The predicted octanol–water partition coefficient (Wildman–Crippen LogP) is 2.86. The first-order chi connectivity index (χ1) is 13.2. The minimum Gasteiger partial charge on any atom is -0.308 e. The van der Waals surface area contributed by atoms with Crippen molar-refractivity contribution in [1.29, 1.82) is 0 Å². The number of thiophene rings is 1. The molecule has 4 rings (SSSR count).